The van der Waals surface area contributed by atoms with Gasteiger partial charge in [0.05, 0.1) is 16.5 Å². The summed E-state index contributed by atoms with van der Waals surface area (Å²) in [4.78, 5) is 18.2. The number of amides is 1. The van der Waals surface area contributed by atoms with Gasteiger partial charge >= 0.3 is 6.18 Å². The zero-order chi connectivity index (χ0) is 21.5. The van der Waals surface area contributed by atoms with Gasteiger partial charge < -0.3 is 9.42 Å². The van der Waals surface area contributed by atoms with Crippen molar-refractivity contribution in [1.29, 1.82) is 0 Å². The van der Waals surface area contributed by atoms with Crippen LogP contribution in [0.25, 0.3) is 11.4 Å². The molecule has 0 N–H and O–H groups in total. The molecule has 3 aromatic rings. The molecule has 156 valence electrons. The van der Waals surface area contributed by atoms with Gasteiger partial charge in [0.1, 0.15) is 5.82 Å². The fraction of sp³-hybridized carbons (Fsp3) is 0.250. The van der Waals surface area contributed by atoms with Crippen molar-refractivity contribution in [2.24, 2.45) is 0 Å². The lowest BCUT2D eigenvalue weighted by Crippen LogP contribution is -2.24. The van der Waals surface area contributed by atoms with Crippen molar-refractivity contribution >= 4 is 17.5 Å². The highest BCUT2D eigenvalue weighted by molar-refractivity contribution is 6.31. The SMILES string of the molecule is O=C1CC(c2nc(-c3ccc(F)c(Cl)c3)no2)CN1Cc1ccc(C(F)(F)F)cc1. The molecule has 1 unspecified atom stereocenters. The van der Waals surface area contributed by atoms with Gasteiger partial charge in [-0.25, -0.2) is 4.39 Å². The average Bonchev–Trinajstić information content (AvgIpc) is 3.31. The molecule has 1 amide bonds. The Kier molecular flexibility index (Phi) is 5.23. The van der Waals surface area contributed by atoms with E-state index in [-0.39, 0.29) is 41.5 Å². The van der Waals surface area contributed by atoms with Gasteiger partial charge in [0.25, 0.3) is 0 Å². The maximum atomic E-state index is 13.3. The van der Waals surface area contributed by atoms with E-state index in [1.54, 1.807) is 0 Å². The van der Waals surface area contributed by atoms with Gasteiger partial charge in [-0.3, -0.25) is 4.79 Å². The summed E-state index contributed by atoms with van der Waals surface area (Å²) in [7, 11) is 0. The first-order chi connectivity index (χ1) is 14.2. The summed E-state index contributed by atoms with van der Waals surface area (Å²) in [6.45, 7) is 0.480. The summed E-state index contributed by atoms with van der Waals surface area (Å²) >= 11 is 5.77. The molecule has 0 spiro atoms. The Morgan fingerprint density at radius 2 is 1.90 bits per heavy atom. The Morgan fingerprint density at radius 1 is 1.17 bits per heavy atom. The Balaban J connectivity index is 1.45. The molecule has 1 aliphatic heterocycles. The summed E-state index contributed by atoms with van der Waals surface area (Å²) in [5, 5.41) is 3.79. The first-order valence-corrected chi connectivity index (χ1v) is 9.31. The van der Waals surface area contributed by atoms with Gasteiger partial charge in [-0.15, -0.1) is 0 Å². The lowest BCUT2D eigenvalue weighted by Gasteiger charge is -2.16. The van der Waals surface area contributed by atoms with Crippen molar-refractivity contribution in [2.45, 2.75) is 25.1 Å². The second-order valence-electron chi connectivity index (χ2n) is 6.96. The monoisotopic (exact) mass is 439 g/mol. The van der Waals surface area contributed by atoms with Gasteiger partial charge in [0.2, 0.25) is 17.6 Å². The van der Waals surface area contributed by atoms with Crippen LogP contribution in [0, 0.1) is 5.82 Å². The highest BCUT2D eigenvalue weighted by Gasteiger charge is 2.35. The average molecular weight is 440 g/mol. The highest BCUT2D eigenvalue weighted by atomic mass is 35.5. The molecule has 1 saturated heterocycles. The molecule has 10 heteroatoms. The Morgan fingerprint density at radius 3 is 2.57 bits per heavy atom. The lowest BCUT2D eigenvalue weighted by molar-refractivity contribution is -0.137. The zero-order valence-corrected chi connectivity index (χ0v) is 16.0. The molecule has 2 heterocycles. The van der Waals surface area contributed by atoms with Crippen LogP contribution in [0.1, 0.15) is 29.4 Å². The van der Waals surface area contributed by atoms with E-state index in [0.29, 0.717) is 17.7 Å². The third kappa shape index (κ3) is 4.16. The molecule has 5 nitrogen and oxygen atoms in total. The number of nitrogens with zero attached hydrogens (tertiary/aromatic N) is 3. The summed E-state index contributed by atoms with van der Waals surface area (Å²) in [5.41, 5.74) is 0.322. The van der Waals surface area contributed by atoms with Crippen LogP contribution in [0.5, 0.6) is 0 Å². The number of benzene rings is 2. The van der Waals surface area contributed by atoms with Crippen LogP contribution in [0.4, 0.5) is 17.6 Å². The van der Waals surface area contributed by atoms with Crippen LogP contribution in [0.15, 0.2) is 47.0 Å². The van der Waals surface area contributed by atoms with Crippen molar-refractivity contribution < 1.29 is 26.9 Å². The lowest BCUT2D eigenvalue weighted by atomic mass is 10.1. The fourth-order valence-electron chi connectivity index (χ4n) is 3.26. The number of halogens is 5. The van der Waals surface area contributed by atoms with E-state index < -0.39 is 17.6 Å². The molecule has 1 fully saturated rings. The number of rotatable bonds is 4. The smallest absolute Gasteiger partial charge is 0.339 e. The second-order valence-corrected chi connectivity index (χ2v) is 7.36. The normalized spacial score (nSPS) is 17.0. The minimum Gasteiger partial charge on any atom is -0.339 e. The molecule has 0 saturated carbocycles. The minimum atomic E-state index is -4.41. The van der Waals surface area contributed by atoms with Crippen LogP contribution in [-0.2, 0) is 17.5 Å². The predicted molar refractivity (Wildman–Crippen MR) is 98.9 cm³/mol. The predicted octanol–water partition coefficient (Wildman–Crippen LogP) is 5.06. The van der Waals surface area contributed by atoms with Gasteiger partial charge in [-0.1, -0.05) is 28.9 Å². The number of likely N-dealkylation sites (tertiary alicyclic amines) is 1. The molecule has 1 aliphatic rings. The second kappa shape index (κ2) is 7.71. The van der Waals surface area contributed by atoms with E-state index in [0.717, 1.165) is 12.1 Å². The van der Waals surface area contributed by atoms with E-state index in [1.165, 1.54) is 35.2 Å². The standard InChI is InChI=1S/C20H14ClF4N3O2/c21-15-7-12(3-6-16(15)22)18-26-19(30-27-18)13-8-17(29)28(10-13)9-11-1-4-14(5-2-11)20(23,24)25/h1-7,13H,8-10H2. The summed E-state index contributed by atoms with van der Waals surface area (Å²) in [6, 6.07) is 8.73. The highest BCUT2D eigenvalue weighted by Crippen LogP contribution is 2.32. The molecule has 2 aromatic carbocycles. The number of hydrogen-bond acceptors (Lipinski definition) is 4. The quantitative estimate of drug-likeness (QED) is 0.533. The summed E-state index contributed by atoms with van der Waals surface area (Å²) < 4.78 is 56.6. The van der Waals surface area contributed by atoms with E-state index in [1.807, 2.05) is 0 Å². The molecular weight excluding hydrogens is 426 g/mol. The van der Waals surface area contributed by atoms with Gasteiger partial charge in [-0.2, -0.15) is 18.2 Å². The van der Waals surface area contributed by atoms with Crippen LogP contribution in [0.2, 0.25) is 5.02 Å². The van der Waals surface area contributed by atoms with Gasteiger partial charge in [-0.05, 0) is 35.9 Å². The van der Waals surface area contributed by atoms with E-state index in [9.17, 15) is 22.4 Å². The first-order valence-electron chi connectivity index (χ1n) is 8.93. The minimum absolute atomic E-state index is 0.0717. The Labute approximate surface area is 173 Å². The first kappa shape index (κ1) is 20.3. The summed E-state index contributed by atoms with van der Waals surface area (Å²) in [5.74, 6) is -0.590. The molecular formula is C20H14ClF4N3O2. The molecule has 1 aromatic heterocycles. The summed E-state index contributed by atoms with van der Waals surface area (Å²) in [6.07, 6.45) is -4.26. The van der Waals surface area contributed by atoms with Crippen LogP contribution in [0.3, 0.4) is 0 Å². The van der Waals surface area contributed by atoms with Gasteiger partial charge in [0, 0.05) is 25.1 Å². The third-order valence-electron chi connectivity index (χ3n) is 4.84. The maximum Gasteiger partial charge on any atom is 0.416 e. The van der Waals surface area contributed by atoms with Crippen LogP contribution in [-0.4, -0.2) is 27.5 Å². The van der Waals surface area contributed by atoms with Crippen LogP contribution >= 0.6 is 11.6 Å². The van der Waals surface area contributed by atoms with E-state index in [4.69, 9.17) is 16.1 Å². The van der Waals surface area contributed by atoms with E-state index in [2.05, 4.69) is 10.1 Å². The number of hydrogen-bond donors (Lipinski definition) is 0. The molecule has 0 aliphatic carbocycles. The topological polar surface area (TPSA) is 59.2 Å². The van der Waals surface area contributed by atoms with Crippen LogP contribution < -0.4 is 0 Å². The van der Waals surface area contributed by atoms with Crippen molar-refractivity contribution in [1.82, 2.24) is 15.0 Å². The molecule has 30 heavy (non-hydrogen) atoms. The van der Waals surface area contributed by atoms with Crippen molar-refractivity contribution in [2.75, 3.05) is 6.54 Å². The molecule has 0 bridgehead atoms. The molecule has 4 rings (SSSR count). The Hall–Kier alpha value is -2.94. The third-order valence-corrected chi connectivity index (χ3v) is 5.13. The van der Waals surface area contributed by atoms with E-state index >= 15 is 0 Å². The van der Waals surface area contributed by atoms with Crippen molar-refractivity contribution in [3.8, 4) is 11.4 Å². The fourth-order valence-corrected chi connectivity index (χ4v) is 3.44. The van der Waals surface area contributed by atoms with Crippen molar-refractivity contribution in [3.63, 3.8) is 0 Å². The number of aromatic nitrogens is 2. The van der Waals surface area contributed by atoms with Gasteiger partial charge in [0.15, 0.2) is 0 Å². The van der Waals surface area contributed by atoms with Crippen molar-refractivity contribution in [3.05, 3.63) is 70.3 Å². The molecule has 0 radical (unpaired) electrons. The maximum absolute atomic E-state index is 13.3. The largest absolute Gasteiger partial charge is 0.416 e. The number of alkyl halides is 3. The number of carbonyl (C=O) groups excluding carboxylic acids is 1. The Bertz CT molecular complexity index is 1080. The number of carbonyl (C=O) groups is 1. The zero-order valence-electron chi connectivity index (χ0n) is 15.3. The molecule has 1 atom stereocenters.